The molecule has 8 heteroatoms. The molecule has 3 atom stereocenters. The van der Waals surface area contributed by atoms with E-state index in [0.717, 1.165) is 36.6 Å². The number of hydrogen-bond donors (Lipinski definition) is 2. The summed E-state index contributed by atoms with van der Waals surface area (Å²) in [6.07, 6.45) is 0.289. The lowest BCUT2D eigenvalue weighted by atomic mass is 9.71. The zero-order valence-corrected chi connectivity index (χ0v) is 17.3. The van der Waals surface area contributed by atoms with Gasteiger partial charge >= 0.3 is 0 Å². The summed E-state index contributed by atoms with van der Waals surface area (Å²) < 4.78 is 0. The van der Waals surface area contributed by atoms with E-state index in [1.807, 2.05) is 6.07 Å². The lowest BCUT2D eigenvalue weighted by Gasteiger charge is -2.31. The number of fused-ring (bicyclic) bond motifs is 2. The van der Waals surface area contributed by atoms with Gasteiger partial charge in [0.1, 0.15) is 6.04 Å². The van der Waals surface area contributed by atoms with E-state index in [-0.39, 0.29) is 29.6 Å². The maximum Gasteiger partial charge on any atom is 0.262 e. The van der Waals surface area contributed by atoms with Gasteiger partial charge in [-0.05, 0) is 18.1 Å². The van der Waals surface area contributed by atoms with Crippen molar-refractivity contribution in [3.63, 3.8) is 0 Å². The fourth-order valence-electron chi connectivity index (χ4n) is 5.65. The summed E-state index contributed by atoms with van der Waals surface area (Å²) in [7, 11) is 0. The standard InChI is InChI=1S/C22H26N4O4/c1-21-9-23-10-22(21,2)12-25(11-21)8-13-4-3-5-14-17(13)20(30)26(19(14)29)15-6-7-16(27)24-18(15)28/h3-5,15,23H,6-12H2,1-2H3,(H,24,27,28)/t15?,21-,22+. The highest BCUT2D eigenvalue weighted by atomic mass is 16.2. The largest absolute Gasteiger partial charge is 0.316 e. The second kappa shape index (κ2) is 6.46. The van der Waals surface area contributed by atoms with Crippen molar-refractivity contribution in [1.82, 2.24) is 20.4 Å². The van der Waals surface area contributed by atoms with Gasteiger partial charge in [0, 0.05) is 50.0 Å². The quantitative estimate of drug-likeness (QED) is 0.705. The Morgan fingerprint density at radius 1 is 1.03 bits per heavy atom. The van der Waals surface area contributed by atoms with Gasteiger partial charge in [-0.25, -0.2) is 0 Å². The van der Waals surface area contributed by atoms with Crippen molar-refractivity contribution in [2.75, 3.05) is 26.2 Å². The molecule has 158 valence electrons. The first-order valence-corrected chi connectivity index (χ1v) is 10.5. The number of rotatable bonds is 3. The van der Waals surface area contributed by atoms with Crippen LogP contribution in [0, 0.1) is 10.8 Å². The topological polar surface area (TPSA) is 98.8 Å². The number of nitrogens with one attached hydrogen (secondary N) is 2. The van der Waals surface area contributed by atoms with Gasteiger partial charge in [0.25, 0.3) is 11.8 Å². The SMILES string of the molecule is C[C@@]12CNC[C@]1(C)CN(Cc1cccc3c1C(=O)N(C1CCC(=O)NC1=O)C3=O)C2. The van der Waals surface area contributed by atoms with Crippen molar-refractivity contribution >= 4 is 23.6 Å². The predicted octanol–water partition coefficient (Wildman–Crippen LogP) is 0.519. The molecule has 2 N–H and O–H groups in total. The first-order valence-electron chi connectivity index (χ1n) is 10.5. The maximum atomic E-state index is 13.3. The van der Waals surface area contributed by atoms with Crippen LogP contribution in [0.3, 0.4) is 0 Å². The normalized spacial score (nSPS) is 33.8. The van der Waals surface area contributed by atoms with Crippen molar-refractivity contribution < 1.29 is 19.2 Å². The molecule has 3 saturated heterocycles. The van der Waals surface area contributed by atoms with Crippen LogP contribution >= 0.6 is 0 Å². The van der Waals surface area contributed by atoms with Crippen LogP contribution in [0.5, 0.6) is 0 Å². The molecule has 0 aliphatic carbocycles. The van der Waals surface area contributed by atoms with Gasteiger partial charge in [0.2, 0.25) is 11.8 Å². The third-order valence-electron chi connectivity index (χ3n) is 7.58. The zero-order valence-electron chi connectivity index (χ0n) is 17.3. The summed E-state index contributed by atoms with van der Waals surface area (Å²) in [5, 5.41) is 5.74. The van der Waals surface area contributed by atoms with Gasteiger partial charge in [-0.1, -0.05) is 26.0 Å². The number of likely N-dealkylation sites (tertiary alicyclic amines) is 1. The van der Waals surface area contributed by atoms with Gasteiger partial charge in [0.05, 0.1) is 11.1 Å². The zero-order chi connectivity index (χ0) is 21.3. The molecule has 0 bridgehead atoms. The van der Waals surface area contributed by atoms with E-state index in [0.29, 0.717) is 17.7 Å². The van der Waals surface area contributed by atoms with Crippen LogP contribution < -0.4 is 10.6 Å². The predicted molar refractivity (Wildman–Crippen MR) is 107 cm³/mol. The molecule has 0 radical (unpaired) electrons. The van der Waals surface area contributed by atoms with E-state index in [1.165, 1.54) is 0 Å². The Labute approximate surface area is 175 Å². The molecular weight excluding hydrogens is 384 g/mol. The highest BCUT2D eigenvalue weighted by Crippen LogP contribution is 2.48. The molecule has 30 heavy (non-hydrogen) atoms. The first kappa shape index (κ1) is 19.4. The molecule has 0 saturated carbocycles. The highest BCUT2D eigenvalue weighted by Gasteiger charge is 2.55. The van der Waals surface area contributed by atoms with Gasteiger partial charge in [-0.15, -0.1) is 0 Å². The van der Waals surface area contributed by atoms with E-state index in [1.54, 1.807) is 12.1 Å². The molecule has 5 rings (SSSR count). The van der Waals surface area contributed by atoms with Crippen LogP contribution in [-0.2, 0) is 16.1 Å². The fourth-order valence-corrected chi connectivity index (χ4v) is 5.65. The van der Waals surface area contributed by atoms with Crippen molar-refractivity contribution in [1.29, 1.82) is 0 Å². The van der Waals surface area contributed by atoms with Crippen LogP contribution in [0.25, 0.3) is 0 Å². The lowest BCUT2D eigenvalue weighted by molar-refractivity contribution is -0.136. The van der Waals surface area contributed by atoms with E-state index >= 15 is 0 Å². The monoisotopic (exact) mass is 410 g/mol. The number of imide groups is 2. The Bertz CT molecular complexity index is 973. The smallest absolute Gasteiger partial charge is 0.262 e. The van der Waals surface area contributed by atoms with Crippen LogP contribution in [-0.4, -0.2) is 65.6 Å². The number of amides is 4. The number of piperidine rings is 1. The Morgan fingerprint density at radius 2 is 1.73 bits per heavy atom. The molecule has 3 fully saturated rings. The Morgan fingerprint density at radius 3 is 2.40 bits per heavy atom. The van der Waals surface area contributed by atoms with Crippen molar-refractivity contribution in [2.45, 2.75) is 39.3 Å². The fraction of sp³-hybridized carbons (Fsp3) is 0.545. The number of carbonyl (C=O) groups is 4. The summed E-state index contributed by atoms with van der Waals surface area (Å²) >= 11 is 0. The summed E-state index contributed by atoms with van der Waals surface area (Å²) in [6.45, 7) is 9.03. The third-order valence-corrected chi connectivity index (χ3v) is 7.58. The van der Waals surface area contributed by atoms with E-state index in [9.17, 15) is 19.2 Å². The van der Waals surface area contributed by atoms with E-state index in [2.05, 4.69) is 29.4 Å². The number of benzene rings is 1. The van der Waals surface area contributed by atoms with Gasteiger partial charge in [-0.2, -0.15) is 0 Å². The third kappa shape index (κ3) is 2.66. The summed E-state index contributed by atoms with van der Waals surface area (Å²) in [5.41, 5.74) is 1.94. The number of carbonyl (C=O) groups excluding carboxylic acids is 4. The lowest BCUT2D eigenvalue weighted by Crippen LogP contribution is -2.54. The average molecular weight is 410 g/mol. The molecule has 0 aromatic heterocycles. The summed E-state index contributed by atoms with van der Waals surface area (Å²) in [5.74, 6) is -1.83. The van der Waals surface area contributed by atoms with Gasteiger partial charge in [0.15, 0.2) is 0 Å². The van der Waals surface area contributed by atoms with Crippen LogP contribution in [0.4, 0.5) is 0 Å². The second-order valence-corrected chi connectivity index (χ2v) is 9.66. The molecule has 4 aliphatic rings. The molecule has 8 nitrogen and oxygen atoms in total. The molecule has 4 heterocycles. The van der Waals surface area contributed by atoms with Crippen molar-refractivity contribution in [2.24, 2.45) is 10.8 Å². The molecule has 4 aliphatic heterocycles. The van der Waals surface area contributed by atoms with Crippen molar-refractivity contribution in [3.8, 4) is 0 Å². The average Bonchev–Trinajstić information content (AvgIpc) is 3.19. The van der Waals surface area contributed by atoms with Crippen molar-refractivity contribution in [3.05, 3.63) is 34.9 Å². The van der Waals surface area contributed by atoms with E-state index < -0.39 is 23.8 Å². The van der Waals surface area contributed by atoms with Crippen LogP contribution in [0.2, 0.25) is 0 Å². The Kier molecular flexibility index (Phi) is 4.17. The van der Waals surface area contributed by atoms with Crippen LogP contribution in [0.15, 0.2) is 18.2 Å². The minimum absolute atomic E-state index is 0.121. The highest BCUT2D eigenvalue weighted by molar-refractivity contribution is 6.24. The van der Waals surface area contributed by atoms with E-state index in [4.69, 9.17) is 0 Å². The second-order valence-electron chi connectivity index (χ2n) is 9.66. The van der Waals surface area contributed by atoms with Gasteiger partial charge in [-0.3, -0.25) is 34.3 Å². The maximum absolute atomic E-state index is 13.3. The molecule has 1 unspecified atom stereocenters. The molecule has 1 aromatic carbocycles. The first-order chi connectivity index (χ1) is 14.2. The molecule has 4 amide bonds. The molecular formula is C22H26N4O4. The summed E-state index contributed by atoms with van der Waals surface area (Å²) in [6, 6.07) is 4.42. The minimum atomic E-state index is -0.932. The molecule has 1 aromatic rings. The minimum Gasteiger partial charge on any atom is -0.316 e. The Hall–Kier alpha value is -2.58. The van der Waals surface area contributed by atoms with Crippen LogP contribution in [0.1, 0.15) is 53.0 Å². The number of hydrogen-bond acceptors (Lipinski definition) is 6. The molecule has 0 spiro atoms. The Balaban J connectivity index is 1.42. The van der Waals surface area contributed by atoms with Gasteiger partial charge < -0.3 is 5.32 Å². The summed E-state index contributed by atoms with van der Waals surface area (Å²) in [4.78, 5) is 53.4. The number of nitrogens with zero attached hydrogens (tertiary/aromatic N) is 2.